The molecule has 0 amide bonds. The lowest BCUT2D eigenvalue weighted by molar-refractivity contribution is 0.409. The third-order valence-electron chi connectivity index (χ3n) is 2.61. The molecule has 4 heteroatoms. The summed E-state index contributed by atoms with van der Waals surface area (Å²) in [6.07, 6.45) is 0. The summed E-state index contributed by atoms with van der Waals surface area (Å²) in [6, 6.07) is 14.9. The molecule has 2 rings (SSSR count). The largest absolute Gasteiger partial charge is 0.496 e. The number of hydrogen-bond donors (Lipinski definition) is 0. The molecule has 2 aromatic rings. The molecule has 0 bridgehead atoms. The minimum absolute atomic E-state index is 0.377. The van der Waals surface area contributed by atoms with Crippen molar-refractivity contribution in [3.8, 4) is 11.8 Å². The van der Waals surface area contributed by atoms with Crippen LogP contribution >= 0.6 is 11.6 Å². The molecule has 0 aliphatic heterocycles. The predicted molar refractivity (Wildman–Crippen MR) is 69.7 cm³/mol. The molecule has 90 valence electrons. The van der Waals surface area contributed by atoms with E-state index in [0.717, 1.165) is 5.56 Å². The standard InChI is InChI=1S/C14H11ClN2O/c1-18-13-7-3-2-5-10(13)11(9-16)12-6-4-8-14(15)17-12/h2-8,11H,1H3/t11-/m0/s1. The Bertz CT molecular complexity index is 592. The quantitative estimate of drug-likeness (QED) is 0.793. The molecular weight excluding hydrogens is 248 g/mol. The third kappa shape index (κ3) is 2.44. The topological polar surface area (TPSA) is 45.9 Å². The lowest BCUT2D eigenvalue weighted by Gasteiger charge is -2.13. The zero-order valence-corrected chi connectivity index (χ0v) is 10.6. The van der Waals surface area contributed by atoms with Crippen LogP contribution in [0.5, 0.6) is 5.75 Å². The van der Waals surface area contributed by atoms with E-state index in [-0.39, 0.29) is 0 Å². The van der Waals surface area contributed by atoms with Gasteiger partial charge in [-0.15, -0.1) is 0 Å². The summed E-state index contributed by atoms with van der Waals surface area (Å²) in [4.78, 5) is 4.18. The van der Waals surface area contributed by atoms with E-state index >= 15 is 0 Å². The van der Waals surface area contributed by atoms with E-state index in [4.69, 9.17) is 16.3 Å². The van der Waals surface area contributed by atoms with Crippen LogP contribution in [0.25, 0.3) is 0 Å². The molecule has 0 unspecified atom stereocenters. The Kier molecular flexibility index (Phi) is 3.81. The Morgan fingerprint density at radius 3 is 2.67 bits per heavy atom. The number of halogens is 1. The van der Waals surface area contributed by atoms with Crippen molar-refractivity contribution in [3.63, 3.8) is 0 Å². The van der Waals surface area contributed by atoms with Crippen molar-refractivity contribution in [2.24, 2.45) is 0 Å². The maximum Gasteiger partial charge on any atom is 0.129 e. The van der Waals surface area contributed by atoms with Gasteiger partial charge in [-0.1, -0.05) is 35.9 Å². The number of para-hydroxylation sites is 1. The third-order valence-corrected chi connectivity index (χ3v) is 2.82. The number of ether oxygens (including phenoxy) is 1. The molecule has 1 aromatic carbocycles. The molecule has 1 atom stereocenters. The highest BCUT2D eigenvalue weighted by atomic mass is 35.5. The molecule has 0 aliphatic rings. The highest BCUT2D eigenvalue weighted by Crippen LogP contribution is 2.30. The van der Waals surface area contributed by atoms with Gasteiger partial charge in [0.25, 0.3) is 0 Å². The van der Waals surface area contributed by atoms with Crippen LogP contribution in [0.1, 0.15) is 17.2 Å². The molecule has 0 aliphatic carbocycles. The van der Waals surface area contributed by atoms with E-state index in [9.17, 15) is 5.26 Å². The lowest BCUT2D eigenvalue weighted by atomic mass is 9.96. The highest BCUT2D eigenvalue weighted by Gasteiger charge is 2.18. The van der Waals surface area contributed by atoms with Gasteiger partial charge in [0.05, 0.1) is 18.9 Å². The van der Waals surface area contributed by atoms with Crippen molar-refractivity contribution in [1.29, 1.82) is 5.26 Å². The lowest BCUT2D eigenvalue weighted by Crippen LogP contribution is -2.03. The Balaban J connectivity index is 2.49. The molecular formula is C14H11ClN2O. The predicted octanol–water partition coefficient (Wildman–Crippen LogP) is 3.40. The van der Waals surface area contributed by atoms with Gasteiger partial charge in [-0.3, -0.25) is 0 Å². The SMILES string of the molecule is COc1ccccc1[C@H](C#N)c1cccc(Cl)n1. The fourth-order valence-corrected chi connectivity index (χ4v) is 1.95. The van der Waals surface area contributed by atoms with E-state index in [1.54, 1.807) is 25.3 Å². The van der Waals surface area contributed by atoms with Crippen LogP contribution in [0.4, 0.5) is 0 Å². The highest BCUT2D eigenvalue weighted by molar-refractivity contribution is 6.29. The second-order valence-corrected chi connectivity index (χ2v) is 4.08. The van der Waals surface area contributed by atoms with Gasteiger partial charge in [0.15, 0.2) is 0 Å². The normalized spacial score (nSPS) is 11.6. The summed E-state index contributed by atoms with van der Waals surface area (Å²) in [5.41, 5.74) is 1.41. The van der Waals surface area contributed by atoms with E-state index < -0.39 is 5.92 Å². The molecule has 0 saturated heterocycles. The number of aromatic nitrogens is 1. The van der Waals surface area contributed by atoms with Gasteiger partial charge in [0.2, 0.25) is 0 Å². The zero-order valence-electron chi connectivity index (χ0n) is 9.80. The van der Waals surface area contributed by atoms with Gasteiger partial charge < -0.3 is 4.74 Å². The fourth-order valence-electron chi connectivity index (χ4n) is 1.78. The molecule has 0 saturated carbocycles. The van der Waals surface area contributed by atoms with Gasteiger partial charge in [0.1, 0.15) is 16.8 Å². The summed E-state index contributed by atoms with van der Waals surface area (Å²) in [6.45, 7) is 0. The van der Waals surface area contributed by atoms with Crippen molar-refractivity contribution >= 4 is 11.6 Å². The van der Waals surface area contributed by atoms with Crippen molar-refractivity contribution in [2.75, 3.05) is 7.11 Å². The van der Waals surface area contributed by atoms with Gasteiger partial charge in [0, 0.05) is 5.56 Å². The van der Waals surface area contributed by atoms with Gasteiger partial charge in [-0.05, 0) is 18.2 Å². The summed E-state index contributed by atoms with van der Waals surface area (Å²) >= 11 is 5.86. The molecule has 1 heterocycles. The van der Waals surface area contributed by atoms with Crippen LogP contribution in [0.3, 0.4) is 0 Å². The first kappa shape index (κ1) is 12.4. The first-order valence-electron chi connectivity index (χ1n) is 5.41. The summed E-state index contributed by atoms with van der Waals surface area (Å²) in [5.74, 6) is 0.186. The summed E-state index contributed by atoms with van der Waals surface area (Å²) < 4.78 is 5.27. The van der Waals surface area contributed by atoms with Gasteiger partial charge >= 0.3 is 0 Å². The molecule has 18 heavy (non-hydrogen) atoms. The summed E-state index contributed by atoms with van der Waals surface area (Å²) in [5, 5.41) is 9.73. The second kappa shape index (κ2) is 5.52. The van der Waals surface area contributed by atoms with Crippen LogP contribution in [0.2, 0.25) is 5.15 Å². The minimum atomic E-state index is -0.486. The van der Waals surface area contributed by atoms with E-state index in [1.807, 2.05) is 24.3 Å². The number of nitrogens with zero attached hydrogens (tertiary/aromatic N) is 2. The number of benzene rings is 1. The number of rotatable bonds is 3. The molecule has 1 aromatic heterocycles. The van der Waals surface area contributed by atoms with Gasteiger partial charge in [-0.25, -0.2) is 4.98 Å². The molecule has 0 N–H and O–H groups in total. The zero-order chi connectivity index (χ0) is 13.0. The monoisotopic (exact) mass is 258 g/mol. The smallest absolute Gasteiger partial charge is 0.129 e. The van der Waals surface area contributed by atoms with Crippen LogP contribution < -0.4 is 4.74 Å². The minimum Gasteiger partial charge on any atom is -0.496 e. The van der Waals surface area contributed by atoms with Gasteiger partial charge in [-0.2, -0.15) is 5.26 Å². The summed E-state index contributed by atoms with van der Waals surface area (Å²) in [7, 11) is 1.58. The fraction of sp³-hybridized carbons (Fsp3) is 0.143. The van der Waals surface area contributed by atoms with Crippen molar-refractivity contribution in [2.45, 2.75) is 5.92 Å². The maximum absolute atomic E-state index is 9.36. The number of methoxy groups -OCH3 is 1. The van der Waals surface area contributed by atoms with Crippen molar-refractivity contribution in [3.05, 3.63) is 58.9 Å². The Hall–Kier alpha value is -2.05. The Labute approximate surface area is 111 Å². The average Bonchev–Trinajstić information content (AvgIpc) is 2.40. The van der Waals surface area contributed by atoms with Crippen LogP contribution in [-0.4, -0.2) is 12.1 Å². The Morgan fingerprint density at radius 1 is 1.22 bits per heavy atom. The number of hydrogen-bond acceptors (Lipinski definition) is 3. The van der Waals surface area contributed by atoms with Crippen LogP contribution in [-0.2, 0) is 0 Å². The van der Waals surface area contributed by atoms with E-state index in [2.05, 4.69) is 11.1 Å². The van der Waals surface area contributed by atoms with E-state index in [0.29, 0.717) is 16.6 Å². The molecule has 3 nitrogen and oxygen atoms in total. The van der Waals surface area contributed by atoms with E-state index in [1.165, 1.54) is 0 Å². The number of nitriles is 1. The maximum atomic E-state index is 9.36. The van der Waals surface area contributed by atoms with Crippen molar-refractivity contribution in [1.82, 2.24) is 4.98 Å². The number of pyridine rings is 1. The first-order chi connectivity index (χ1) is 8.76. The van der Waals surface area contributed by atoms with Crippen molar-refractivity contribution < 1.29 is 4.74 Å². The molecule has 0 fully saturated rings. The van der Waals surface area contributed by atoms with Crippen LogP contribution in [0, 0.1) is 11.3 Å². The average molecular weight is 259 g/mol. The van der Waals surface area contributed by atoms with Crippen LogP contribution in [0.15, 0.2) is 42.5 Å². The molecule has 0 radical (unpaired) electrons. The molecule has 0 spiro atoms. The second-order valence-electron chi connectivity index (χ2n) is 3.69. The first-order valence-corrected chi connectivity index (χ1v) is 5.79. The Morgan fingerprint density at radius 2 is 2.00 bits per heavy atom.